The van der Waals surface area contributed by atoms with Crippen molar-refractivity contribution < 1.29 is 33.5 Å². The van der Waals surface area contributed by atoms with Crippen LogP contribution in [-0.4, -0.2) is 64.8 Å². The van der Waals surface area contributed by atoms with Gasteiger partial charge in [-0.25, -0.2) is 4.39 Å². The van der Waals surface area contributed by atoms with E-state index < -0.39 is 54.7 Å². The van der Waals surface area contributed by atoms with E-state index >= 15 is 0 Å². The molecular weight excluding hydrogens is 433 g/mol. The number of carbonyl (C=O) groups excluding carboxylic acids is 4. The summed E-state index contributed by atoms with van der Waals surface area (Å²) in [5.41, 5.74) is 0.424. The monoisotopic (exact) mass is 457 g/mol. The molecule has 3 rings (SSSR count). The van der Waals surface area contributed by atoms with E-state index in [1.807, 2.05) is 18.2 Å². The van der Waals surface area contributed by atoms with Gasteiger partial charge in [-0.1, -0.05) is 43.3 Å². The van der Waals surface area contributed by atoms with Crippen LogP contribution < -0.4 is 10.6 Å². The molecule has 2 aromatic rings. The number of benzene rings is 2. The van der Waals surface area contributed by atoms with Crippen molar-refractivity contribution in [1.29, 1.82) is 0 Å². The van der Waals surface area contributed by atoms with Crippen molar-refractivity contribution in [3.8, 4) is 0 Å². The van der Waals surface area contributed by atoms with Crippen LogP contribution in [0.5, 0.6) is 0 Å². The Kier molecular flexibility index (Phi) is 7.37. The summed E-state index contributed by atoms with van der Waals surface area (Å²) in [4.78, 5) is 62.0. The van der Waals surface area contributed by atoms with Gasteiger partial charge in [0.2, 0.25) is 5.91 Å². The van der Waals surface area contributed by atoms with Crippen LogP contribution >= 0.6 is 0 Å². The number of alkyl halides is 1. The van der Waals surface area contributed by atoms with Crippen LogP contribution in [0.3, 0.4) is 0 Å². The Labute approximate surface area is 188 Å². The second-order valence-electron chi connectivity index (χ2n) is 8.05. The first-order chi connectivity index (χ1) is 15.7. The van der Waals surface area contributed by atoms with Crippen molar-refractivity contribution in [2.24, 2.45) is 5.92 Å². The molecule has 1 fully saturated rings. The molecule has 3 amide bonds. The number of rotatable bonds is 7. The van der Waals surface area contributed by atoms with E-state index in [1.54, 1.807) is 31.2 Å². The lowest BCUT2D eigenvalue weighted by Crippen LogP contribution is -2.60. The van der Waals surface area contributed by atoms with Gasteiger partial charge in [0, 0.05) is 17.6 Å². The molecule has 0 bridgehead atoms. The molecule has 3 atom stereocenters. The highest BCUT2D eigenvalue weighted by molar-refractivity contribution is 6.40. The lowest BCUT2D eigenvalue weighted by atomic mass is 9.92. The summed E-state index contributed by atoms with van der Waals surface area (Å²) in [6.45, 7) is 0.365. The number of fused-ring (bicyclic) bond motifs is 1. The highest BCUT2D eigenvalue weighted by atomic mass is 19.1. The molecule has 0 saturated carbocycles. The van der Waals surface area contributed by atoms with Gasteiger partial charge >= 0.3 is 17.8 Å². The van der Waals surface area contributed by atoms with Crippen molar-refractivity contribution in [1.82, 2.24) is 10.2 Å². The van der Waals surface area contributed by atoms with E-state index in [-0.39, 0.29) is 18.9 Å². The Morgan fingerprint density at radius 2 is 1.82 bits per heavy atom. The SMILES string of the molecule is CC1C[C@H](NC(=O)C(=O)Nc2cccc3ccccc23)C(=O)N(C(CC(=O)O)C(=O)CF)C1. The molecule has 2 unspecified atom stereocenters. The molecule has 0 aliphatic carbocycles. The number of ketones is 1. The molecular formula is C23H24FN3O6. The fourth-order valence-electron chi connectivity index (χ4n) is 3.99. The highest BCUT2D eigenvalue weighted by Gasteiger charge is 2.40. The van der Waals surface area contributed by atoms with Gasteiger partial charge in [0.05, 0.1) is 6.42 Å². The number of nitrogens with zero attached hydrogens (tertiary/aromatic N) is 1. The van der Waals surface area contributed by atoms with E-state index in [0.717, 1.165) is 15.7 Å². The van der Waals surface area contributed by atoms with Crippen LogP contribution in [0.25, 0.3) is 10.8 Å². The van der Waals surface area contributed by atoms with Gasteiger partial charge in [0.25, 0.3) is 0 Å². The maximum Gasteiger partial charge on any atom is 0.313 e. The fraction of sp³-hybridized carbons (Fsp3) is 0.348. The predicted octanol–water partition coefficient (Wildman–Crippen LogP) is 1.51. The first-order valence-electron chi connectivity index (χ1n) is 10.4. The molecule has 174 valence electrons. The number of amides is 3. The molecule has 3 N–H and O–H groups in total. The van der Waals surface area contributed by atoms with Gasteiger partial charge in [-0.15, -0.1) is 0 Å². The number of anilines is 1. The van der Waals surface area contributed by atoms with Crippen LogP contribution in [-0.2, 0) is 24.0 Å². The van der Waals surface area contributed by atoms with E-state index in [4.69, 9.17) is 5.11 Å². The Bertz CT molecular complexity index is 1100. The summed E-state index contributed by atoms with van der Waals surface area (Å²) in [6, 6.07) is 9.87. The highest BCUT2D eigenvalue weighted by Crippen LogP contribution is 2.24. The average molecular weight is 457 g/mol. The second-order valence-corrected chi connectivity index (χ2v) is 8.05. The van der Waals surface area contributed by atoms with Gasteiger partial charge in [0.15, 0.2) is 5.78 Å². The summed E-state index contributed by atoms with van der Waals surface area (Å²) in [7, 11) is 0. The molecule has 2 aromatic carbocycles. The number of carboxylic acids is 1. The minimum atomic E-state index is -1.48. The van der Waals surface area contributed by atoms with Crippen LogP contribution in [0, 0.1) is 5.92 Å². The Hall–Kier alpha value is -3.82. The molecule has 1 saturated heterocycles. The van der Waals surface area contributed by atoms with Crippen molar-refractivity contribution in [3.05, 3.63) is 42.5 Å². The Morgan fingerprint density at radius 3 is 2.52 bits per heavy atom. The minimum Gasteiger partial charge on any atom is -0.481 e. The second kappa shape index (κ2) is 10.2. The lowest BCUT2D eigenvalue weighted by molar-refractivity contribution is -0.151. The van der Waals surface area contributed by atoms with Gasteiger partial charge in [-0.2, -0.15) is 0 Å². The maximum absolute atomic E-state index is 13.0. The molecule has 0 radical (unpaired) electrons. The molecule has 9 nitrogen and oxygen atoms in total. The van der Waals surface area contributed by atoms with Crippen molar-refractivity contribution in [2.45, 2.75) is 31.8 Å². The van der Waals surface area contributed by atoms with Crippen LogP contribution in [0.15, 0.2) is 42.5 Å². The molecule has 10 heteroatoms. The normalized spacial score (nSPS) is 19.1. The van der Waals surface area contributed by atoms with E-state index in [1.165, 1.54) is 0 Å². The predicted molar refractivity (Wildman–Crippen MR) is 117 cm³/mol. The van der Waals surface area contributed by atoms with E-state index in [9.17, 15) is 28.4 Å². The van der Waals surface area contributed by atoms with Gasteiger partial charge < -0.3 is 20.6 Å². The molecule has 0 spiro atoms. The standard InChI is InChI=1S/C23H24FN3O6/c1-13-9-17(23(33)27(12-13)18(10-20(29)30)19(28)11-24)26-22(32)21(31)25-16-8-4-6-14-5-2-3-7-15(14)16/h2-8,13,17-18H,9-12H2,1H3,(H,25,31)(H,26,32)(H,29,30)/t13?,17-,18?/m0/s1. The smallest absolute Gasteiger partial charge is 0.313 e. The summed E-state index contributed by atoms with van der Waals surface area (Å²) < 4.78 is 13.0. The van der Waals surface area contributed by atoms with Gasteiger partial charge in [-0.3, -0.25) is 24.0 Å². The minimum absolute atomic E-state index is 0.0388. The molecule has 0 aromatic heterocycles. The van der Waals surface area contributed by atoms with Crippen LogP contribution in [0.1, 0.15) is 19.8 Å². The molecule has 1 aliphatic heterocycles. The average Bonchev–Trinajstić information content (AvgIpc) is 2.79. The lowest BCUT2D eigenvalue weighted by Gasteiger charge is -2.39. The summed E-state index contributed by atoms with van der Waals surface area (Å²) in [5, 5.41) is 15.6. The number of aliphatic carboxylic acids is 1. The largest absolute Gasteiger partial charge is 0.481 e. The van der Waals surface area contributed by atoms with Crippen molar-refractivity contribution >= 4 is 45.9 Å². The van der Waals surface area contributed by atoms with Gasteiger partial charge in [-0.05, 0) is 23.8 Å². The third kappa shape index (κ3) is 5.51. The number of carboxylic acid groups (broad SMARTS) is 1. The van der Waals surface area contributed by atoms with Crippen molar-refractivity contribution in [3.63, 3.8) is 0 Å². The van der Waals surface area contributed by atoms with Crippen LogP contribution in [0.4, 0.5) is 10.1 Å². The number of halogens is 1. The number of likely N-dealkylation sites (tertiary alicyclic amines) is 1. The molecule has 33 heavy (non-hydrogen) atoms. The topological polar surface area (TPSA) is 133 Å². The number of piperidine rings is 1. The maximum atomic E-state index is 13.0. The van der Waals surface area contributed by atoms with E-state index in [2.05, 4.69) is 10.6 Å². The van der Waals surface area contributed by atoms with Gasteiger partial charge in [0.1, 0.15) is 18.8 Å². The van der Waals surface area contributed by atoms with Crippen molar-refractivity contribution in [2.75, 3.05) is 18.5 Å². The van der Waals surface area contributed by atoms with E-state index in [0.29, 0.717) is 5.69 Å². The third-order valence-corrected chi connectivity index (χ3v) is 5.52. The first kappa shape index (κ1) is 23.8. The first-order valence-corrected chi connectivity index (χ1v) is 10.4. The number of Topliss-reactive ketones (excluding diaryl/α,β-unsaturated/α-hetero) is 1. The third-order valence-electron chi connectivity index (χ3n) is 5.52. The zero-order valence-corrected chi connectivity index (χ0v) is 17.9. The Morgan fingerprint density at radius 1 is 1.12 bits per heavy atom. The number of hydrogen-bond donors (Lipinski definition) is 3. The number of carbonyl (C=O) groups is 5. The Balaban J connectivity index is 1.73. The quantitative estimate of drug-likeness (QED) is 0.540. The zero-order valence-electron chi connectivity index (χ0n) is 17.9. The molecule has 1 aliphatic rings. The fourth-order valence-corrected chi connectivity index (χ4v) is 3.99. The summed E-state index contributed by atoms with van der Waals surface area (Å²) >= 11 is 0. The zero-order chi connectivity index (χ0) is 24.1. The van der Waals surface area contributed by atoms with Crippen LogP contribution in [0.2, 0.25) is 0 Å². The number of hydrogen-bond acceptors (Lipinski definition) is 5. The molecule has 1 heterocycles. The summed E-state index contributed by atoms with van der Waals surface area (Å²) in [5.74, 6) is -5.38. The number of nitrogens with one attached hydrogen (secondary N) is 2. The summed E-state index contributed by atoms with van der Waals surface area (Å²) in [6.07, 6.45) is -0.560.